The van der Waals surface area contributed by atoms with E-state index in [4.69, 9.17) is 0 Å². The number of carbonyl (C=O) groups excluding carboxylic acids is 2. The number of azo groups is 1. The van der Waals surface area contributed by atoms with Crippen LogP contribution in [0.3, 0.4) is 0 Å². The number of phenolic OH excluding ortho intramolecular Hbond substituents is 1. The Morgan fingerprint density at radius 1 is 0.917 bits per heavy atom. The first kappa shape index (κ1) is 23.4. The van der Waals surface area contributed by atoms with Crippen molar-refractivity contribution in [3.63, 3.8) is 0 Å². The number of hydrogen-bond donors (Lipinski definition) is 3. The molecule has 5 rings (SSSR count). The van der Waals surface area contributed by atoms with Crippen LogP contribution in [-0.4, -0.2) is 25.9 Å². The van der Waals surface area contributed by atoms with E-state index in [0.717, 1.165) is 45.0 Å². The third kappa shape index (κ3) is 4.25. The lowest BCUT2D eigenvalue weighted by Gasteiger charge is -2.10. The number of fused-ring (bicyclic) bond motifs is 1. The van der Waals surface area contributed by atoms with Crippen molar-refractivity contribution in [1.82, 2.24) is 9.88 Å². The van der Waals surface area contributed by atoms with Crippen LogP contribution < -0.4 is 5.32 Å². The van der Waals surface area contributed by atoms with Gasteiger partial charge in [-0.15, -0.1) is 10.2 Å². The number of hydrogen-bond acceptors (Lipinski definition) is 7. The molecule has 180 valence electrons. The molecule has 2 amide bonds. The third-order valence-electron chi connectivity index (χ3n) is 6.02. The van der Waals surface area contributed by atoms with Crippen molar-refractivity contribution in [2.75, 3.05) is 0 Å². The summed E-state index contributed by atoms with van der Waals surface area (Å²) in [6, 6.07) is 16.4. The van der Waals surface area contributed by atoms with Crippen LogP contribution in [-0.2, 0) is 4.79 Å². The van der Waals surface area contributed by atoms with Crippen molar-refractivity contribution < 1.29 is 19.8 Å². The van der Waals surface area contributed by atoms with E-state index >= 15 is 0 Å². The number of nitrogens with one attached hydrogen (secondary N) is 1. The fourth-order valence-electron chi connectivity index (χ4n) is 3.98. The Hall–Kier alpha value is -4.37. The largest absolute Gasteiger partial charge is 0.506 e. The second-order valence-electron chi connectivity index (χ2n) is 8.60. The first-order valence-corrected chi connectivity index (χ1v) is 11.9. The average molecular weight is 499 g/mol. The Morgan fingerprint density at radius 2 is 1.72 bits per heavy atom. The zero-order chi connectivity index (χ0) is 25.6. The van der Waals surface area contributed by atoms with Crippen molar-refractivity contribution >= 4 is 51.3 Å². The lowest BCUT2D eigenvalue weighted by atomic mass is 10.1. The Labute approximate surface area is 211 Å². The molecule has 1 aromatic heterocycles. The maximum Gasteiger partial charge on any atom is 0.290 e. The van der Waals surface area contributed by atoms with Crippen LogP contribution in [0, 0.1) is 20.8 Å². The van der Waals surface area contributed by atoms with Crippen molar-refractivity contribution in [2.24, 2.45) is 10.2 Å². The maximum atomic E-state index is 11.8. The minimum atomic E-state index is -0.473. The highest BCUT2D eigenvalue weighted by Gasteiger charge is 2.25. The molecule has 3 aromatic carbocycles. The lowest BCUT2D eigenvalue weighted by Crippen LogP contribution is -2.17. The van der Waals surface area contributed by atoms with E-state index in [1.54, 1.807) is 16.7 Å². The predicted octanol–water partition coefficient (Wildman–Crippen LogP) is 6.71. The number of aryl methyl sites for hydroxylation is 3. The number of carbonyl (C=O) groups is 2. The summed E-state index contributed by atoms with van der Waals surface area (Å²) in [5.41, 5.74) is 5.89. The molecule has 1 saturated heterocycles. The fourth-order valence-corrected chi connectivity index (χ4v) is 4.67. The minimum Gasteiger partial charge on any atom is -0.506 e. The highest BCUT2D eigenvalue weighted by Crippen LogP contribution is 2.42. The molecule has 2 heterocycles. The van der Waals surface area contributed by atoms with Crippen LogP contribution in [0.1, 0.15) is 22.3 Å². The van der Waals surface area contributed by atoms with E-state index < -0.39 is 11.1 Å². The van der Waals surface area contributed by atoms with E-state index in [0.29, 0.717) is 5.56 Å². The van der Waals surface area contributed by atoms with Gasteiger partial charge in [-0.2, -0.15) is 0 Å². The number of aromatic hydroxyl groups is 2. The van der Waals surface area contributed by atoms with Gasteiger partial charge in [0.1, 0.15) is 11.4 Å². The molecule has 0 aliphatic carbocycles. The number of imide groups is 1. The van der Waals surface area contributed by atoms with Crippen molar-refractivity contribution in [1.29, 1.82) is 0 Å². The topological polar surface area (TPSA) is 116 Å². The van der Waals surface area contributed by atoms with Gasteiger partial charge in [0, 0.05) is 11.1 Å². The van der Waals surface area contributed by atoms with Gasteiger partial charge in [-0.25, -0.2) is 0 Å². The molecule has 3 N–H and O–H groups in total. The summed E-state index contributed by atoms with van der Waals surface area (Å²) in [7, 11) is 0. The summed E-state index contributed by atoms with van der Waals surface area (Å²) in [5, 5.41) is 32.6. The van der Waals surface area contributed by atoms with Crippen LogP contribution >= 0.6 is 11.8 Å². The summed E-state index contributed by atoms with van der Waals surface area (Å²) in [4.78, 5) is 23.4. The number of benzene rings is 3. The molecule has 8 nitrogen and oxygen atoms in total. The Kier molecular flexibility index (Phi) is 5.85. The van der Waals surface area contributed by atoms with E-state index in [1.807, 2.05) is 57.2 Å². The van der Waals surface area contributed by atoms with E-state index in [9.17, 15) is 19.8 Å². The molecular formula is C27H22N4O4S. The molecule has 1 fully saturated rings. The normalized spacial score (nSPS) is 14.9. The summed E-state index contributed by atoms with van der Waals surface area (Å²) < 4.78 is 1.74. The molecule has 0 spiro atoms. The predicted molar refractivity (Wildman–Crippen MR) is 141 cm³/mol. The van der Waals surface area contributed by atoms with E-state index in [2.05, 4.69) is 15.5 Å². The molecule has 1 aliphatic heterocycles. The van der Waals surface area contributed by atoms with Crippen molar-refractivity contribution in [3.05, 3.63) is 81.8 Å². The Bertz CT molecular complexity index is 1630. The second-order valence-corrected chi connectivity index (χ2v) is 9.61. The van der Waals surface area contributed by atoms with E-state index in [-0.39, 0.29) is 27.9 Å². The molecule has 0 radical (unpaired) electrons. The quantitative estimate of drug-likeness (QED) is 0.214. The highest BCUT2D eigenvalue weighted by atomic mass is 32.2. The summed E-state index contributed by atoms with van der Waals surface area (Å²) in [5.74, 6) is -0.687. The van der Waals surface area contributed by atoms with Gasteiger partial charge in [-0.3, -0.25) is 19.5 Å². The van der Waals surface area contributed by atoms with Crippen LogP contribution in [0.2, 0.25) is 0 Å². The molecular weight excluding hydrogens is 476 g/mol. The van der Waals surface area contributed by atoms with Gasteiger partial charge >= 0.3 is 0 Å². The smallest absolute Gasteiger partial charge is 0.290 e. The molecule has 0 atom stereocenters. The Morgan fingerprint density at radius 3 is 2.42 bits per heavy atom. The van der Waals surface area contributed by atoms with Gasteiger partial charge in [0.05, 0.1) is 10.4 Å². The van der Waals surface area contributed by atoms with Crippen LogP contribution in [0.4, 0.5) is 16.2 Å². The molecule has 1 aliphatic rings. The molecule has 0 bridgehead atoms. The van der Waals surface area contributed by atoms with Gasteiger partial charge in [0.15, 0.2) is 5.69 Å². The SMILES string of the molecule is Cc1ccc2c(N=Nc3ccc(C=C4SC(=O)NC4=O)cc3O)c(O)n(-c3ccc(C)c(C)c3)c2c1. The fraction of sp³-hybridized carbons (Fsp3) is 0.111. The number of phenols is 1. The van der Waals surface area contributed by atoms with Crippen molar-refractivity contribution in [3.8, 4) is 17.3 Å². The van der Waals surface area contributed by atoms with Crippen molar-refractivity contribution in [2.45, 2.75) is 20.8 Å². The van der Waals surface area contributed by atoms with Gasteiger partial charge in [0.25, 0.3) is 11.1 Å². The minimum absolute atomic E-state index is 0.0580. The highest BCUT2D eigenvalue weighted by molar-refractivity contribution is 8.18. The number of amides is 2. The maximum absolute atomic E-state index is 11.8. The molecule has 36 heavy (non-hydrogen) atoms. The number of nitrogens with zero attached hydrogens (tertiary/aromatic N) is 3. The van der Waals surface area contributed by atoms with Crippen LogP contribution in [0.5, 0.6) is 11.6 Å². The van der Waals surface area contributed by atoms with Gasteiger partial charge < -0.3 is 10.2 Å². The third-order valence-corrected chi connectivity index (χ3v) is 6.83. The van der Waals surface area contributed by atoms with Crippen LogP contribution in [0.15, 0.2) is 69.7 Å². The number of rotatable bonds is 4. The van der Waals surface area contributed by atoms with Gasteiger partial charge in [-0.1, -0.05) is 24.3 Å². The van der Waals surface area contributed by atoms with E-state index in [1.165, 1.54) is 12.1 Å². The van der Waals surface area contributed by atoms with Gasteiger partial charge in [0.2, 0.25) is 5.88 Å². The molecule has 9 heteroatoms. The molecule has 0 unspecified atom stereocenters. The van der Waals surface area contributed by atoms with Crippen LogP contribution in [0.25, 0.3) is 22.7 Å². The zero-order valence-electron chi connectivity index (χ0n) is 19.7. The molecule has 0 saturated carbocycles. The summed E-state index contributed by atoms with van der Waals surface area (Å²) in [6.45, 7) is 6.03. The lowest BCUT2D eigenvalue weighted by molar-refractivity contribution is -0.115. The zero-order valence-corrected chi connectivity index (χ0v) is 20.6. The molecule has 4 aromatic rings. The number of aromatic nitrogens is 1. The average Bonchev–Trinajstić information content (AvgIpc) is 3.29. The summed E-state index contributed by atoms with van der Waals surface area (Å²) in [6.07, 6.45) is 1.51. The Balaban J connectivity index is 1.54. The van der Waals surface area contributed by atoms with Gasteiger partial charge in [-0.05, 0) is 91.2 Å². The first-order chi connectivity index (χ1) is 17.2. The second kappa shape index (κ2) is 9.01. The summed E-state index contributed by atoms with van der Waals surface area (Å²) >= 11 is 0.800. The number of thioether (sulfide) groups is 1. The first-order valence-electron chi connectivity index (χ1n) is 11.1. The monoisotopic (exact) mass is 498 g/mol. The standard InChI is InChI=1S/C27H22N4O4S/c1-14-4-8-19-21(10-14)31(18-7-5-15(2)16(3)11-18)26(34)24(19)30-29-20-9-6-17(12-22(20)32)13-23-25(33)28-27(35)36-23/h4-13,32,34H,1-3H3,(H,28,33,35).